The molecule has 0 radical (unpaired) electrons. The van der Waals surface area contributed by atoms with Crippen LogP contribution in [0.25, 0.3) is 0 Å². The van der Waals surface area contributed by atoms with Gasteiger partial charge in [0.05, 0.1) is 0 Å². The van der Waals surface area contributed by atoms with Crippen molar-refractivity contribution in [2.45, 2.75) is 34.6 Å². The van der Waals surface area contributed by atoms with Crippen molar-refractivity contribution < 1.29 is 0 Å². The quantitative estimate of drug-likeness (QED) is 0.546. The highest BCUT2D eigenvalue weighted by molar-refractivity contribution is 5.90. The number of nitrogens with zero attached hydrogens (tertiary/aromatic N) is 1. The molecule has 0 fully saturated rings. The average molecular weight is 151 g/mol. The van der Waals surface area contributed by atoms with Gasteiger partial charge in [-0.1, -0.05) is 20.8 Å². The second kappa shape index (κ2) is 2.80. The lowest BCUT2D eigenvalue weighted by Crippen LogP contribution is -2.02. The summed E-state index contributed by atoms with van der Waals surface area (Å²) in [4.78, 5) is 4.55. The van der Waals surface area contributed by atoms with Crippen LogP contribution in [0.3, 0.4) is 0 Å². The molecule has 1 aliphatic rings. The Morgan fingerprint density at radius 2 is 1.82 bits per heavy atom. The maximum Gasteiger partial charge on any atom is 0.0424 e. The molecule has 0 amide bonds. The lowest BCUT2D eigenvalue weighted by molar-refractivity contribution is 0.742. The smallest absolute Gasteiger partial charge is 0.0424 e. The maximum atomic E-state index is 4.55. The summed E-state index contributed by atoms with van der Waals surface area (Å²) in [7, 11) is 0. The number of aliphatic imine (C=N–C) groups is 1. The molecule has 1 heteroatoms. The van der Waals surface area contributed by atoms with E-state index in [0.717, 1.165) is 0 Å². The van der Waals surface area contributed by atoms with Gasteiger partial charge in [-0.05, 0) is 25.3 Å². The van der Waals surface area contributed by atoms with E-state index < -0.39 is 0 Å². The van der Waals surface area contributed by atoms with Crippen molar-refractivity contribution in [2.24, 2.45) is 16.8 Å². The fourth-order valence-electron chi connectivity index (χ4n) is 1.49. The molecule has 1 atom stereocenters. The third-order valence-corrected chi connectivity index (χ3v) is 2.52. The second-order valence-corrected chi connectivity index (χ2v) is 3.70. The summed E-state index contributed by atoms with van der Waals surface area (Å²) in [6, 6.07) is 0. The lowest BCUT2D eigenvalue weighted by Gasteiger charge is -2.06. The highest BCUT2D eigenvalue weighted by Crippen LogP contribution is 2.29. The van der Waals surface area contributed by atoms with Crippen LogP contribution in [0.2, 0.25) is 0 Å². The van der Waals surface area contributed by atoms with Crippen LogP contribution in [0.4, 0.5) is 0 Å². The van der Waals surface area contributed by atoms with E-state index in [0.29, 0.717) is 11.8 Å². The average Bonchev–Trinajstić information content (AvgIpc) is 2.17. The first-order valence-electron chi connectivity index (χ1n) is 4.30. The summed E-state index contributed by atoms with van der Waals surface area (Å²) in [5.41, 5.74) is 4.03. The normalized spacial score (nSPS) is 24.9. The predicted octanol–water partition coefficient (Wildman–Crippen LogP) is 3.03. The van der Waals surface area contributed by atoms with E-state index in [-0.39, 0.29) is 0 Å². The van der Waals surface area contributed by atoms with Gasteiger partial charge in [0.1, 0.15) is 0 Å². The van der Waals surface area contributed by atoms with Crippen molar-refractivity contribution in [3.05, 3.63) is 11.3 Å². The fraction of sp³-hybridized carbons (Fsp3) is 0.700. The third-order valence-electron chi connectivity index (χ3n) is 2.52. The summed E-state index contributed by atoms with van der Waals surface area (Å²) in [5.74, 6) is 1.15. The number of hydrogen-bond acceptors (Lipinski definition) is 1. The first-order valence-corrected chi connectivity index (χ1v) is 4.30. The molecule has 0 bridgehead atoms. The van der Waals surface area contributed by atoms with E-state index in [9.17, 15) is 0 Å². The maximum absolute atomic E-state index is 4.55. The molecular weight excluding hydrogens is 134 g/mol. The van der Waals surface area contributed by atoms with Crippen LogP contribution >= 0.6 is 0 Å². The van der Waals surface area contributed by atoms with Gasteiger partial charge in [0.15, 0.2) is 0 Å². The molecular formula is C10H17N. The first kappa shape index (κ1) is 8.51. The zero-order valence-corrected chi connectivity index (χ0v) is 8.10. The monoisotopic (exact) mass is 151 g/mol. The van der Waals surface area contributed by atoms with Crippen LogP contribution in [0.15, 0.2) is 16.3 Å². The molecule has 1 rings (SSSR count). The van der Waals surface area contributed by atoms with Crippen LogP contribution < -0.4 is 0 Å². The standard InChI is InChI=1S/C10H17N/c1-6(2)10-8(4)7(3)9(5)11-10/h6-7H,1-5H3. The Balaban J connectivity index is 2.95. The van der Waals surface area contributed by atoms with Gasteiger partial charge in [-0.3, -0.25) is 4.99 Å². The Morgan fingerprint density at radius 3 is 2.00 bits per heavy atom. The van der Waals surface area contributed by atoms with Gasteiger partial charge in [0.2, 0.25) is 0 Å². The molecule has 0 saturated heterocycles. The molecule has 0 spiro atoms. The third kappa shape index (κ3) is 1.37. The molecule has 1 heterocycles. The SMILES string of the molecule is CC1=NC(C(C)C)=C(C)C1C. The van der Waals surface area contributed by atoms with Gasteiger partial charge in [-0.25, -0.2) is 0 Å². The van der Waals surface area contributed by atoms with E-state index in [1.807, 2.05) is 0 Å². The summed E-state index contributed by atoms with van der Waals surface area (Å²) in [5, 5.41) is 0. The first-order chi connectivity index (χ1) is 5.04. The van der Waals surface area contributed by atoms with Crippen molar-refractivity contribution in [3.8, 4) is 0 Å². The van der Waals surface area contributed by atoms with Gasteiger partial charge < -0.3 is 0 Å². The molecule has 0 saturated carbocycles. The van der Waals surface area contributed by atoms with Crippen molar-refractivity contribution in [1.82, 2.24) is 0 Å². The van der Waals surface area contributed by atoms with E-state index in [4.69, 9.17) is 0 Å². The summed E-state index contributed by atoms with van der Waals surface area (Å²) in [6.45, 7) is 10.9. The molecule has 1 unspecified atom stereocenters. The van der Waals surface area contributed by atoms with Crippen LogP contribution in [0.1, 0.15) is 34.6 Å². The van der Waals surface area contributed by atoms with Crippen LogP contribution in [-0.2, 0) is 0 Å². The van der Waals surface area contributed by atoms with Crippen molar-refractivity contribution in [1.29, 1.82) is 0 Å². The number of allylic oxidation sites excluding steroid dienone is 2. The van der Waals surface area contributed by atoms with Gasteiger partial charge in [0.25, 0.3) is 0 Å². The molecule has 0 N–H and O–H groups in total. The Bertz CT molecular complexity index is 221. The molecule has 11 heavy (non-hydrogen) atoms. The molecule has 1 nitrogen and oxygen atoms in total. The van der Waals surface area contributed by atoms with Crippen molar-refractivity contribution in [3.63, 3.8) is 0 Å². The topological polar surface area (TPSA) is 12.4 Å². The van der Waals surface area contributed by atoms with Gasteiger partial charge in [0, 0.05) is 17.3 Å². The molecule has 62 valence electrons. The summed E-state index contributed by atoms with van der Waals surface area (Å²) in [6.07, 6.45) is 0. The van der Waals surface area contributed by atoms with Crippen molar-refractivity contribution >= 4 is 5.71 Å². The van der Waals surface area contributed by atoms with E-state index >= 15 is 0 Å². The molecule has 0 aromatic carbocycles. The van der Waals surface area contributed by atoms with Crippen LogP contribution in [0.5, 0.6) is 0 Å². The molecule has 0 aromatic heterocycles. The van der Waals surface area contributed by atoms with Gasteiger partial charge in [-0.2, -0.15) is 0 Å². The van der Waals surface area contributed by atoms with Gasteiger partial charge in [-0.15, -0.1) is 0 Å². The Hall–Kier alpha value is -0.590. The van der Waals surface area contributed by atoms with E-state index in [2.05, 4.69) is 39.6 Å². The summed E-state index contributed by atoms with van der Waals surface area (Å²) >= 11 is 0. The lowest BCUT2D eigenvalue weighted by atomic mass is 9.97. The molecule has 1 aliphatic heterocycles. The van der Waals surface area contributed by atoms with E-state index in [1.165, 1.54) is 17.0 Å². The van der Waals surface area contributed by atoms with Crippen LogP contribution in [-0.4, -0.2) is 5.71 Å². The Labute approximate surface area is 69.2 Å². The Kier molecular flexibility index (Phi) is 2.17. The minimum atomic E-state index is 0.576. The minimum absolute atomic E-state index is 0.576. The predicted molar refractivity (Wildman–Crippen MR) is 49.8 cm³/mol. The fourth-order valence-corrected chi connectivity index (χ4v) is 1.49. The Morgan fingerprint density at radius 1 is 1.27 bits per heavy atom. The summed E-state index contributed by atoms with van der Waals surface area (Å²) < 4.78 is 0. The van der Waals surface area contributed by atoms with Crippen LogP contribution in [0, 0.1) is 11.8 Å². The molecule has 0 aliphatic carbocycles. The minimum Gasteiger partial charge on any atom is -0.262 e. The number of hydrogen-bond donors (Lipinski definition) is 0. The second-order valence-electron chi connectivity index (χ2n) is 3.70. The highest BCUT2D eigenvalue weighted by Gasteiger charge is 2.20. The molecule has 0 aromatic rings. The number of rotatable bonds is 1. The highest BCUT2D eigenvalue weighted by atomic mass is 14.8. The zero-order chi connectivity index (χ0) is 8.59. The zero-order valence-electron chi connectivity index (χ0n) is 8.10. The van der Waals surface area contributed by atoms with Crippen molar-refractivity contribution in [2.75, 3.05) is 0 Å². The van der Waals surface area contributed by atoms with Gasteiger partial charge >= 0.3 is 0 Å². The van der Waals surface area contributed by atoms with E-state index in [1.54, 1.807) is 0 Å². The largest absolute Gasteiger partial charge is 0.262 e.